The van der Waals surface area contributed by atoms with Gasteiger partial charge in [-0.25, -0.2) is 9.67 Å². The van der Waals surface area contributed by atoms with Crippen molar-refractivity contribution in [1.29, 1.82) is 0 Å². The van der Waals surface area contributed by atoms with Crippen LogP contribution in [0.4, 0.5) is 17.2 Å². The molecule has 0 radical (unpaired) electrons. The predicted molar refractivity (Wildman–Crippen MR) is 113 cm³/mol. The first kappa shape index (κ1) is 19.9. The number of anilines is 3. The van der Waals surface area contributed by atoms with Gasteiger partial charge < -0.3 is 24.4 Å². The zero-order valence-corrected chi connectivity index (χ0v) is 17.4. The highest BCUT2D eigenvalue weighted by Crippen LogP contribution is 2.20. The van der Waals surface area contributed by atoms with Crippen molar-refractivity contribution in [3.63, 3.8) is 0 Å². The largest absolute Gasteiger partial charge is 0.516 e. The van der Waals surface area contributed by atoms with Crippen molar-refractivity contribution < 1.29 is 9.31 Å². The first-order valence-electron chi connectivity index (χ1n) is 9.85. The number of aromatic nitrogens is 3. The Labute approximate surface area is 170 Å². The first-order valence-corrected chi connectivity index (χ1v) is 9.85. The molecule has 1 N–H and O–H groups in total. The predicted octanol–water partition coefficient (Wildman–Crippen LogP) is 0.191. The van der Waals surface area contributed by atoms with Gasteiger partial charge in [0.1, 0.15) is 11.5 Å². The maximum atomic E-state index is 12.5. The van der Waals surface area contributed by atoms with E-state index in [2.05, 4.69) is 32.2 Å². The zero-order chi connectivity index (χ0) is 20.6. The molecule has 29 heavy (non-hydrogen) atoms. The number of likely N-dealkylation sites (N-methyl/N-ethyl adjacent to an activating group) is 1. The number of hydrogen-bond donors (Lipinski definition) is 1. The smallest absolute Gasteiger partial charge is 0.403 e. The third-order valence-electron chi connectivity index (χ3n) is 5.21. The number of nitrogens with one attached hydrogen (secondary N) is 1. The number of pyridine rings is 1. The highest BCUT2D eigenvalue weighted by Gasteiger charge is 2.40. The third kappa shape index (κ3) is 4.44. The fourth-order valence-corrected chi connectivity index (χ4v) is 3.47. The Morgan fingerprint density at radius 1 is 1.17 bits per heavy atom. The van der Waals surface area contributed by atoms with Crippen LogP contribution >= 0.6 is 0 Å². The molecule has 9 nitrogen and oxygen atoms in total. The first-order chi connectivity index (χ1) is 13.8. The van der Waals surface area contributed by atoms with Crippen LogP contribution in [0.25, 0.3) is 0 Å². The Hall–Kier alpha value is -2.43. The average Bonchev–Trinajstić information content (AvgIpc) is 3.06. The summed E-state index contributed by atoms with van der Waals surface area (Å²) < 4.78 is 12.9. The van der Waals surface area contributed by atoms with Crippen LogP contribution in [0.2, 0.25) is 0 Å². The van der Waals surface area contributed by atoms with E-state index in [1.165, 1.54) is 4.68 Å². The van der Waals surface area contributed by atoms with Crippen molar-refractivity contribution >= 4 is 29.9 Å². The Bertz CT molecular complexity index is 925. The van der Waals surface area contributed by atoms with Gasteiger partial charge in [-0.2, -0.15) is 5.10 Å². The molecule has 0 bridgehead atoms. The number of aryl methyl sites for hydroxylation is 1. The molecule has 2 aromatic rings. The van der Waals surface area contributed by atoms with Crippen LogP contribution in [0.3, 0.4) is 0 Å². The van der Waals surface area contributed by atoms with Gasteiger partial charge in [0.05, 0.1) is 29.7 Å². The van der Waals surface area contributed by atoms with Crippen molar-refractivity contribution in [2.75, 3.05) is 50.1 Å². The van der Waals surface area contributed by atoms with Gasteiger partial charge in [0, 0.05) is 33.2 Å². The van der Waals surface area contributed by atoms with Gasteiger partial charge >= 0.3 is 7.12 Å². The van der Waals surface area contributed by atoms with E-state index in [1.807, 2.05) is 32.2 Å². The topological polar surface area (TPSA) is 84.8 Å². The van der Waals surface area contributed by atoms with E-state index < -0.39 is 7.12 Å². The van der Waals surface area contributed by atoms with Crippen LogP contribution in [-0.4, -0.2) is 72.2 Å². The van der Waals surface area contributed by atoms with Gasteiger partial charge in [0.25, 0.3) is 5.56 Å². The second kappa shape index (κ2) is 7.77. The molecular formula is C19H27BN6O3. The molecule has 0 saturated carbocycles. The van der Waals surface area contributed by atoms with Crippen molar-refractivity contribution in [3.8, 4) is 0 Å². The molecule has 2 aliphatic rings. The number of nitrogens with zero attached hydrogens (tertiary/aromatic N) is 5. The van der Waals surface area contributed by atoms with Crippen molar-refractivity contribution in [3.05, 3.63) is 34.7 Å². The Kier molecular flexibility index (Phi) is 5.33. The summed E-state index contributed by atoms with van der Waals surface area (Å²) in [6, 6.07) is 5.59. The maximum Gasteiger partial charge on any atom is 0.516 e. The monoisotopic (exact) mass is 398 g/mol. The van der Waals surface area contributed by atoms with E-state index in [0.29, 0.717) is 23.7 Å². The fourth-order valence-electron chi connectivity index (χ4n) is 3.47. The molecule has 0 aliphatic carbocycles. The summed E-state index contributed by atoms with van der Waals surface area (Å²) in [6.45, 7) is 8.43. The summed E-state index contributed by atoms with van der Waals surface area (Å²) in [5, 5.41) is 7.40. The Morgan fingerprint density at radius 2 is 1.93 bits per heavy atom. The quantitative estimate of drug-likeness (QED) is 0.731. The summed E-state index contributed by atoms with van der Waals surface area (Å²) in [7, 11) is 3.15. The lowest BCUT2D eigenvalue weighted by molar-refractivity contribution is 0.137. The summed E-state index contributed by atoms with van der Waals surface area (Å²) in [5.74, 6) is 0.603. The molecule has 2 fully saturated rings. The van der Waals surface area contributed by atoms with Gasteiger partial charge in [-0.15, -0.1) is 0 Å². The van der Waals surface area contributed by atoms with E-state index in [4.69, 9.17) is 9.31 Å². The van der Waals surface area contributed by atoms with Crippen LogP contribution in [0.15, 0.2) is 29.2 Å². The highest BCUT2D eigenvalue weighted by atomic mass is 16.7. The minimum Gasteiger partial charge on any atom is -0.403 e. The molecule has 4 heterocycles. The van der Waals surface area contributed by atoms with E-state index in [1.54, 1.807) is 13.1 Å². The van der Waals surface area contributed by atoms with E-state index >= 15 is 0 Å². The van der Waals surface area contributed by atoms with Crippen LogP contribution < -0.4 is 21.4 Å². The molecule has 10 heteroatoms. The molecule has 0 spiro atoms. The highest BCUT2D eigenvalue weighted by molar-refractivity contribution is 6.61. The molecule has 154 valence electrons. The normalized spacial score (nSPS) is 19.6. The molecule has 0 aromatic carbocycles. The third-order valence-corrected chi connectivity index (χ3v) is 5.21. The minimum atomic E-state index is -0.593. The molecule has 4 rings (SSSR count). The van der Waals surface area contributed by atoms with E-state index in [-0.39, 0.29) is 11.2 Å². The number of piperazine rings is 1. The molecular weight excluding hydrogens is 371 g/mol. The van der Waals surface area contributed by atoms with Gasteiger partial charge in [-0.3, -0.25) is 4.79 Å². The second-order valence-corrected chi connectivity index (χ2v) is 8.25. The fraction of sp³-hybridized carbons (Fsp3) is 0.526. The van der Waals surface area contributed by atoms with Crippen molar-refractivity contribution in [1.82, 2.24) is 19.7 Å². The Morgan fingerprint density at radius 3 is 2.55 bits per heavy atom. The number of rotatable bonds is 4. The lowest BCUT2D eigenvalue weighted by Gasteiger charge is -2.33. The minimum absolute atomic E-state index is 0.240. The van der Waals surface area contributed by atoms with Gasteiger partial charge in [-0.05, 0) is 39.1 Å². The maximum absolute atomic E-state index is 12.5. The molecule has 0 atom stereocenters. The van der Waals surface area contributed by atoms with E-state index in [0.717, 1.165) is 31.9 Å². The summed E-state index contributed by atoms with van der Waals surface area (Å²) in [6.07, 6.45) is 1.84. The molecule has 2 aliphatic heterocycles. The van der Waals surface area contributed by atoms with Crippen LogP contribution in [0.1, 0.15) is 13.8 Å². The van der Waals surface area contributed by atoms with Crippen LogP contribution in [-0.2, 0) is 16.4 Å². The summed E-state index contributed by atoms with van der Waals surface area (Å²) in [4.78, 5) is 21.7. The zero-order valence-electron chi connectivity index (χ0n) is 17.4. The summed E-state index contributed by atoms with van der Waals surface area (Å²) in [5.41, 5.74) is 1.40. The molecule has 0 unspecified atom stereocenters. The van der Waals surface area contributed by atoms with Gasteiger partial charge in [0.2, 0.25) is 0 Å². The standard InChI is InChI=1S/C19H27BN6O3/c1-19(2)13-28-20(29-19)16-11-15(18(27)25(4)23-16)22-17-6-5-14(12-21-17)26-9-7-24(3)8-10-26/h5-6,11-12H,7-10,13H2,1-4H3,(H,21,22). The van der Waals surface area contributed by atoms with Crippen LogP contribution in [0.5, 0.6) is 0 Å². The summed E-state index contributed by atoms with van der Waals surface area (Å²) >= 11 is 0. The lowest BCUT2D eigenvalue weighted by atomic mass is 9.84. The SMILES string of the molecule is CN1CCN(c2ccc(Nc3cc(B4OCC(C)(C)O4)nn(C)c3=O)nc2)CC1. The van der Waals surface area contributed by atoms with Crippen LogP contribution in [0, 0.1) is 0 Å². The molecule has 0 amide bonds. The van der Waals surface area contributed by atoms with Gasteiger partial charge in [-0.1, -0.05) is 0 Å². The molecule has 2 saturated heterocycles. The van der Waals surface area contributed by atoms with E-state index in [9.17, 15) is 4.79 Å². The molecule has 2 aromatic heterocycles. The second-order valence-electron chi connectivity index (χ2n) is 8.25. The average molecular weight is 398 g/mol. The number of hydrogen-bond acceptors (Lipinski definition) is 8. The van der Waals surface area contributed by atoms with Crippen molar-refractivity contribution in [2.45, 2.75) is 19.4 Å². The lowest BCUT2D eigenvalue weighted by Crippen LogP contribution is -2.44. The van der Waals surface area contributed by atoms with Gasteiger partial charge in [0.15, 0.2) is 0 Å². The Balaban J connectivity index is 1.51. The van der Waals surface area contributed by atoms with Crippen molar-refractivity contribution in [2.24, 2.45) is 7.05 Å².